The average Bonchev–Trinajstić information content (AvgIpc) is 2.42. The molecule has 122 valence electrons. The molecule has 7 nitrogen and oxygen atoms in total. The predicted molar refractivity (Wildman–Crippen MR) is 84.1 cm³/mol. The Hall–Kier alpha value is -0.900. The number of nitrogens with one attached hydrogen (secondary N) is 1. The number of carbonyl (C=O) groups excluding carboxylic acids is 3. The second-order valence-corrected chi connectivity index (χ2v) is 5.16. The standard InChI is InChI=1S/C13H22INO6/c1-4-20-11(17)13(15-10(3)16,12(18)21-5-2)6-8-19-9-7-14/h4-9H2,1-3H3,(H,15,16). The van der Waals surface area contributed by atoms with Gasteiger partial charge in [0.25, 0.3) is 0 Å². The maximum absolute atomic E-state index is 12.2. The van der Waals surface area contributed by atoms with Crippen LogP contribution in [0.2, 0.25) is 0 Å². The van der Waals surface area contributed by atoms with Crippen LogP contribution in [0.15, 0.2) is 0 Å². The van der Waals surface area contributed by atoms with Crippen molar-refractivity contribution in [3.05, 3.63) is 0 Å². The summed E-state index contributed by atoms with van der Waals surface area (Å²) in [7, 11) is 0. The molecular formula is C13H22INO6. The molecule has 0 saturated carbocycles. The van der Waals surface area contributed by atoms with Crippen molar-refractivity contribution in [2.24, 2.45) is 0 Å². The molecule has 1 N–H and O–H groups in total. The van der Waals surface area contributed by atoms with Gasteiger partial charge in [-0.3, -0.25) is 4.79 Å². The number of ether oxygens (including phenoxy) is 3. The quantitative estimate of drug-likeness (QED) is 0.187. The number of rotatable bonds is 10. The predicted octanol–water partition coefficient (Wildman–Crippen LogP) is 0.829. The molecule has 0 aromatic rings. The molecule has 0 radical (unpaired) electrons. The zero-order valence-corrected chi connectivity index (χ0v) is 14.7. The van der Waals surface area contributed by atoms with Crippen molar-refractivity contribution in [2.75, 3.05) is 30.9 Å². The van der Waals surface area contributed by atoms with Crippen LogP contribution in [0, 0.1) is 0 Å². The first kappa shape index (κ1) is 20.1. The lowest BCUT2D eigenvalue weighted by molar-refractivity contribution is -0.169. The minimum atomic E-state index is -1.86. The van der Waals surface area contributed by atoms with E-state index in [9.17, 15) is 14.4 Å². The van der Waals surface area contributed by atoms with Gasteiger partial charge in [0.1, 0.15) is 0 Å². The van der Waals surface area contributed by atoms with E-state index < -0.39 is 23.4 Å². The highest BCUT2D eigenvalue weighted by atomic mass is 127. The molecular weight excluding hydrogens is 393 g/mol. The monoisotopic (exact) mass is 415 g/mol. The first-order valence-electron chi connectivity index (χ1n) is 6.71. The number of hydrogen-bond acceptors (Lipinski definition) is 6. The molecule has 0 saturated heterocycles. The number of hydrogen-bond donors (Lipinski definition) is 1. The summed E-state index contributed by atoms with van der Waals surface area (Å²) < 4.78 is 15.9. The Morgan fingerprint density at radius 1 is 1.05 bits per heavy atom. The first-order chi connectivity index (χ1) is 9.94. The van der Waals surface area contributed by atoms with Gasteiger partial charge in [0.2, 0.25) is 11.4 Å². The minimum Gasteiger partial charge on any atom is -0.464 e. The Morgan fingerprint density at radius 3 is 1.95 bits per heavy atom. The largest absolute Gasteiger partial charge is 0.464 e. The normalized spacial score (nSPS) is 10.9. The van der Waals surface area contributed by atoms with E-state index in [1.165, 1.54) is 6.92 Å². The molecule has 0 bridgehead atoms. The van der Waals surface area contributed by atoms with Gasteiger partial charge in [-0.15, -0.1) is 0 Å². The summed E-state index contributed by atoms with van der Waals surface area (Å²) in [4.78, 5) is 35.8. The van der Waals surface area contributed by atoms with Crippen LogP contribution in [0.1, 0.15) is 27.2 Å². The molecule has 0 rings (SSSR count). The lowest BCUT2D eigenvalue weighted by Gasteiger charge is -2.29. The highest BCUT2D eigenvalue weighted by Crippen LogP contribution is 2.17. The fraction of sp³-hybridized carbons (Fsp3) is 0.769. The maximum atomic E-state index is 12.2. The van der Waals surface area contributed by atoms with Crippen LogP contribution in [0.25, 0.3) is 0 Å². The molecule has 0 spiro atoms. The number of carbonyl (C=O) groups is 3. The van der Waals surface area contributed by atoms with E-state index in [-0.39, 0.29) is 26.2 Å². The minimum absolute atomic E-state index is 0.0408. The van der Waals surface area contributed by atoms with E-state index in [0.717, 1.165) is 4.43 Å². The number of esters is 2. The van der Waals surface area contributed by atoms with E-state index in [1.807, 2.05) is 0 Å². The third kappa shape index (κ3) is 6.60. The van der Waals surface area contributed by atoms with E-state index in [1.54, 1.807) is 13.8 Å². The Kier molecular flexibility index (Phi) is 10.3. The summed E-state index contributed by atoms with van der Waals surface area (Å²) in [5.41, 5.74) is -1.86. The lowest BCUT2D eigenvalue weighted by Crippen LogP contribution is -2.61. The fourth-order valence-corrected chi connectivity index (χ4v) is 1.95. The maximum Gasteiger partial charge on any atom is 0.343 e. The van der Waals surface area contributed by atoms with Crippen LogP contribution < -0.4 is 5.32 Å². The van der Waals surface area contributed by atoms with E-state index in [0.29, 0.717) is 6.61 Å². The molecule has 0 heterocycles. The summed E-state index contributed by atoms with van der Waals surface area (Å²) in [6.07, 6.45) is -0.0408. The molecule has 0 aromatic carbocycles. The Balaban J connectivity index is 5.23. The van der Waals surface area contributed by atoms with Crippen LogP contribution >= 0.6 is 22.6 Å². The third-order valence-corrected chi connectivity index (χ3v) is 2.92. The van der Waals surface area contributed by atoms with Gasteiger partial charge in [0.05, 0.1) is 26.4 Å². The van der Waals surface area contributed by atoms with Crippen molar-refractivity contribution in [3.63, 3.8) is 0 Å². The highest BCUT2D eigenvalue weighted by Gasteiger charge is 2.49. The molecule has 1 amide bonds. The van der Waals surface area contributed by atoms with Gasteiger partial charge in [-0.2, -0.15) is 0 Å². The summed E-state index contributed by atoms with van der Waals surface area (Å²) in [6, 6.07) is 0. The summed E-state index contributed by atoms with van der Waals surface area (Å²) in [5, 5.41) is 2.37. The van der Waals surface area contributed by atoms with Gasteiger partial charge in [-0.25, -0.2) is 9.59 Å². The van der Waals surface area contributed by atoms with Gasteiger partial charge in [-0.1, -0.05) is 22.6 Å². The zero-order valence-electron chi connectivity index (χ0n) is 12.6. The molecule has 21 heavy (non-hydrogen) atoms. The van der Waals surface area contributed by atoms with Crippen LogP contribution in [0.4, 0.5) is 0 Å². The van der Waals surface area contributed by atoms with E-state index in [4.69, 9.17) is 14.2 Å². The summed E-state index contributed by atoms with van der Waals surface area (Å²) in [5.74, 6) is -2.20. The Bertz CT molecular complexity index is 343. The average molecular weight is 415 g/mol. The molecule has 8 heteroatoms. The second-order valence-electron chi connectivity index (χ2n) is 4.08. The van der Waals surface area contributed by atoms with Gasteiger partial charge < -0.3 is 19.5 Å². The van der Waals surface area contributed by atoms with E-state index in [2.05, 4.69) is 27.9 Å². The van der Waals surface area contributed by atoms with Crippen molar-refractivity contribution in [1.82, 2.24) is 5.32 Å². The van der Waals surface area contributed by atoms with Gasteiger partial charge in [0.15, 0.2) is 0 Å². The molecule has 0 aliphatic heterocycles. The van der Waals surface area contributed by atoms with Crippen LogP contribution in [0.3, 0.4) is 0 Å². The first-order valence-corrected chi connectivity index (χ1v) is 8.24. The van der Waals surface area contributed by atoms with Gasteiger partial charge in [0, 0.05) is 17.8 Å². The molecule has 0 atom stereocenters. The smallest absolute Gasteiger partial charge is 0.343 e. The fourth-order valence-electron chi connectivity index (χ4n) is 1.64. The van der Waals surface area contributed by atoms with Gasteiger partial charge in [-0.05, 0) is 13.8 Å². The summed E-state index contributed by atoms with van der Waals surface area (Å²) >= 11 is 2.14. The highest BCUT2D eigenvalue weighted by molar-refractivity contribution is 14.1. The molecule has 0 unspecified atom stereocenters. The lowest BCUT2D eigenvalue weighted by atomic mass is 9.95. The SMILES string of the molecule is CCOC(=O)C(CCOCCI)(NC(C)=O)C(=O)OCC. The van der Waals surface area contributed by atoms with Gasteiger partial charge >= 0.3 is 11.9 Å². The molecule has 0 aromatic heterocycles. The molecule has 0 fully saturated rings. The molecule has 0 aliphatic carbocycles. The third-order valence-electron chi connectivity index (χ3n) is 2.48. The topological polar surface area (TPSA) is 90.9 Å². The summed E-state index contributed by atoms with van der Waals surface area (Å²) in [6.45, 7) is 5.26. The van der Waals surface area contributed by atoms with Crippen molar-refractivity contribution >= 4 is 40.4 Å². The van der Waals surface area contributed by atoms with Crippen molar-refractivity contribution in [2.45, 2.75) is 32.7 Å². The van der Waals surface area contributed by atoms with Crippen LogP contribution in [0.5, 0.6) is 0 Å². The van der Waals surface area contributed by atoms with Crippen molar-refractivity contribution in [3.8, 4) is 0 Å². The Morgan fingerprint density at radius 2 is 1.57 bits per heavy atom. The molecule has 0 aliphatic rings. The van der Waals surface area contributed by atoms with Crippen LogP contribution in [-0.4, -0.2) is 54.2 Å². The zero-order chi connectivity index (χ0) is 16.3. The number of alkyl halides is 1. The Labute approximate surface area is 138 Å². The second kappa shape index (κ2) is 10.8. The number of amides is 1. The van der Waals surface area contributed by atoms with Crippen LogP contribution in [-0.2, 0) is 28.6 Å². The number of halogens is 1. The van der Waals surface area contributed by atoms with Crippen molar-refractivity contribution in [1.29, 1.82) is 0 Å². The van der Waals surface area contributed by atoms with Crippen molar-refractivity contribution < 1.29 is 28.6 Å². The van der Waals surface area contributed by atoms with E-state index >= 15 is 0 Å².